The summed E-state index contributed by atoms with van der Waals surface area (Å²) in [6, 6.07) is 7.45. The van der Waals surface area contributed by atoms with Gasteiger partial charge < -0.3 is 10.6 Å². The van der Waals surface area contributed by atoms with Crippen LogP contribution in [0.25, 0.3) is 0 Å². The van der Waals surface area contributed by atoms with Gasteiger partial charge in [-0.15, -0.1) is 0 Å². The summed E-state index contributed by atoms with van der Waals surface area (Å²) >= 11 is 0. The van der Waals surface area contributed by atoms with Gasteiger partial charge in [0.25, 0.3) is 0 Å². The lowest BCUT2D eigenvalue weighted by Gasteiger charge is -2.26. The summed E-state index contributed by atoms with van der Waals surface area (Å²) in [5.74, 6) is 0.144. The average Bonchev–Trinajstić information content (AvgIpc) is 2.88. The number of rotatable bonds is 2. The molecule has 19 heavy (non-hydrogen) atoms. The van der Waals surface area contributed by atoms with Gasteiger partial charge in [0.1, 0.15) is 0 Å². The Morgan fingerprint density at radius 2 is 2.16 bits per heavy atom. The zero-order valence-corrected chi connectivity index (χ0v) is 10.6. The third-order valence-corrected chi connectivity index (χ3v) is 3.50. The van der Waals surface area contributed by atoms with Gasteiger partial charge in [-0.25, -0.2) is 0 Å². The van der Waals surface area contributed by atoms with Crippen molar-refractivity contribution >= 4 is 11.6 Å². The van der Waals surface area contributed by atoms with Crippen molar-refractivity contribution in [3.8, 4) is 0 Å². The van der Waals surface area contributed by atoms with Gasteiger partial charge in [0.15, 0.2) is 0 Å². The predicted octanol–water partition coefficient (Wildman–Crippen LogP) is 1.12. The maximum absolute atomic E-state index is 12.2. The number of nitrogens with two attached hydrogens (primary N) is 1. The number of H-pyrrole nitrogens is 1. The number of nitrogen functional groups attached to an aromatic ring is 1. The largest absolute Gasteiger partial charge is 0.399 e. The van der Waals surface area contributed by atoms with Crippen LogP contribution in [-0.4, -0.2) is 27.5 Å². The fourth-order valence-corrected chi connectivity index (χ4v) is 2.35. The molecule has 3 rings (SSSR count). The molecule has 2 heterocycles. The number of hydrogen-bond acceptors (Lipinski definition) is 3. The fourth-order valence-electron chi connectivity index (χ4n) is 2.35. The highest BCUT2D eigenvalue weighted by atomic mass is 16.2. The number of fused-ring (bicyclic) bond motifs is 1. The van der Waals surface area contributed by atoms with Crippen molar-refractivity contribution in [2.24, 2.45) is 0 Å². The number of hydrogen-bond donors (Lipinski definition) is 2. The molecule has 1 aromatic heterocycles. The van der Waals surface area contributed by atoms with Gasteiger partial charge in [0, 0.05) is 12.2 Å². The molecule has 5 nitrogen and oxygen atoms in total. The Balaban J connectivity index is 1.67. The van der Waals surface area contributed by atoms with Crippen molar-refractivity contribution in [3.63, 3.8) is 0 Å². The predicted molar refractivity (Wildman–Crippen MR) is 72.3 cm³/mol. The number of aromatic amines is 1. The first kappa shape index (κ1) is 11.8. The van der Waals surface area contributed by atoms with Crippen LogP contribution in [-0.2, 0) is 24.2 Å². The van der Waals surface area contributed by atoms with Crippen molar-refractivity contribution in [2.45, 2.75) is 19.4 Å². The van der Waals surface area contributed by atoms with Gasteiger partial charge in [-0.3, -0.25) is 9.89 Å². The Morgan fingerprint density at radius 3 is 2.95 bits per heavy atom. The van der Waals surface area contributed by atoms with Crippen LogP contribution in [0, 0.1) is 0 Å². The molecule has 0 radical (unpaired) electrons. The molecule has 0 fully saturated rings. The quantitative estimate of drug-likeness (QED) is 0.791. The SMILES string of the molecule is Nc1ccc(CC(=O)N2CCc3cn[nH]c3C2)cc1. The third kappa shape index (κ3) is 2.45. The Labute approximate surface area is 111 Å². The molecule has 0 spiro atoms. The van der Waals surface area contributed by atoms with E-state index < -0.39 is 0 Å². The molecule has 0 aliphatic carbocycles. The van der Waals surface area contributed by atoms with Crippen LogP contribution in [0.15, 0.2) is 30.5 Å². The summed E-state index contributed by atoms with van der Waals surface area (Å²) in [5.41, 5.74) is 9.62. The van der Waals surface area contributed by atoms with E-state index in [-0.39, 0.29) is 5.91 Å². The first-order valence-corrected chi connectivity index (χ1v) is 6.35. The van der Waals surface area contributed by atoms with E-state index in [2.05, 4.69) is 10.2 Å². The normalized spacial score (nSPS) is 14.2. The second kappa shape index (κ2) is 4.76. The molecule has 0 atom stereocenters. The molecular formula is C14H16N4O. The molecular weight excluding hydrogens is 240 g/mol. The van der Waals surface area contributed by atoms with E-state index in [9.17, 15) is 4.79 Å². The number of benzene rings is 1. The van der Waals surface area contributed by atoms with E-state index in [0.29, 0.717) is 13.0 Å². The second-order valence-corrected chi connectivity index (χ2v) is 4.86. The standard InChI is InChI=1S/C14H16N4O/c15-12-3-1-10(2-4-12)7-14(19)18-6-5-11-8-16-17-13(11)9-18/h1-4,8H,5-7,9,15H2,(H,16,17). The molecule has 0 saturated heterocycles. The number of anilines is 1. The van der Waals surface area contributed by atoms with Crippen LogP contribution in [0.2, 0.25) is 0 Å². The molecule has 1 aliphatic rings. The van der Waals surface area contributed by atoms with E-state index in [1.165, 1.54) is 5.56 Å². The number of nitrogens with zero attached hydrogens (tertiary/aromatic N) is 2. The van der Waals surface area contributed by atoms with Gasteiger partial charge >= 0.3 is 0 Å². The van der Waals surface area contributed by atoms with Gasteiger partial charge in [-0.1, -0.05) is 12.1 Å². The molecule has 2 aromatic rings. The van der Waals surface area contributed by atoms with E-state index in [1.54, 1.807) is 0 Å². The summed E-state index contributed by atoms with van der Waals surface area (Å²) in [4.78, 5) is 14.1. The Kier molecular flexibility index (Phi) is 2.95. The van der Waals surface area contributed by atoms with Crippen LogP contribution < -0.4 is 5.73 Å². The van der Waals surface area contributed by atoms with E-state index in [0.717, 1.165) is 29.9 Å². The first-order chi connectivity index (χ1) is 9.22. The summed E-state index contributed by atoms with van der Waals surface area (Å²) < 4.78 is 0. The number of nitrogens with one attached hydrogen (secondary N) is 1. The number of aromatic nitrogens is 2. The van der Waals surface area contributed by atoms with Crippen molar-refractivity contribution in [3.05, 3.63) is 47.3 Å². The lowest BCUT2D eigenvalue weighted by Crippen LogP contribution is -2.36. The van der Waals surface area contributed by atoms with Crippen LogP contribution in [0.5, 0.6) is 0 Å². The fraction of sp³-hybridized carbons (Fsp3) is 0.286. The second-order valence-electron chi connectivity index (χ2n) is 4.86. The smallest absolute Gasteiger partial charge is 0.227 e. The minimum absolute atomic E-state index is 0.144. The zero-order valence-electron chi connectivity index (χ0n) is 10.6. The Morgan fingerprint density at radius 1 is 1.37 bits per heavy atom. The van der Waals surface area contributed by atoms with Gasteiger partial charge in [-0.05, 0) is 29.7 Å². The molecule has 1 amide bonds. The zero-order chi connectivity index (χ0) is 13.2. The summed E-state index contributed by atoms with van der Waals surface area (Å²) in [6.07, 6.45) is 3.14. The summed E-state index contributed by atoms with van der Waals surface area (Å²) in [7, 11) is 0. The maximum atomic E-state index is 12.2. The molecule has 5 heteroatoms. The highest BCUT2D eigenvalue weighted by Gasteiger charge is 2.21. The van der Waals surface area contributed by atoms with Crippen molar-refractivity contribution in [1.29, 1.82) is 0 Å². The molecule has 3 N–H and O–H groups in total. The van der Waals surface area contributed by atoms with Crippen LogP contribution in [0.1, 0.15) is 16.8 Å². The average molecular weight is 256 g/mol. The van der Waals surface area contributed by atoms with Crippen molar-refractivity contribution in [1.82, 2.24) is 15.1 Å². The first-order valence-electron chi connectivity index (χ1n) is 6.35. The van der Waals surface area contributed by atoms with E-state index in [4.69, 9.17) is 5.73 Å². The summed E-state index contributed by atoms with van der Waals surface area (Å²) in [5, 5.41) is 6.97. The molecule has 0 saturated carbocycles. The third-order valence-electron chi connectivity index (χ3n) is 3.50. The van der Waals surface area contributed by atoms with Gasteiger partial charge in [0.05, 0.1) is 24.9 Å². The monoisotopic (exact) mass is 256 g/mol. The molecule has 98 valence electrons. The van der Waals surface area contributed by atoms with Crippen LogP contribution >= 0.6 is 0 Å². The van der Waals surface area contributed by atoms with E-state index in [1.807, 2.05) is 35.4 Å². The highest BCUT2D eigenvalue weighted by Crippen LogP contribution is 2.17. The minimum atomic E-state index is 0.144. The van der Waals surface area contributed by atoms with Crippen molar-refractivity contribution in [2.75, 3.05) is 12.3 Å². The Hall–Kier alpha value is -2.30. The van der Waals surface area contributed by atoms with Gasteiger partial charge in [-0.2, -0.15) is 5.10 Å². The number of amides is 1. The molecule has 0 bridgehead atoms. The lowest BCUT2D eigenvalue weighted by molar-refractivity contribution is -0.131. The number of carbonyl (C=O) groups excluding carboxylic acids is 1. The van der Waals surface area contributed by atoms with Gasteiger partial charge in [0.2, 0.25) is 5.91 Å². The van der Waals surface area contributed by atoms with E-state index >= 15 is 0 Å². The van der Waals surface area contributed by atoms with Crippen LogP contribution in [0.4, 0.5) is 5.69 Å². The highest BCUT2D eigenvalue weighted by molar-refractivity contribution is 5.79. The molecule has 0 unspecified atom stereocenters. The van der Waals surface area contributed by atoms with Crippen LogP contribution in [0.3, 0.4) is 0 Å². The van der Waals surface area contributed by atoms with Crippen molar-refractivity contribution < 1.29 is 4.79 Å². The summed E-state index contributed by atoms with van der Waals surface area (Å²) in [6.45, 7) is 1.39. The topological polar surface area (TPSA) is 75.0 Å². The lowest BCUT2D eigenvalue weighted by atomic mass is 10.1. The Bertz CT molecular complexity index is 588. The number of carbonyl (C=O) groups is 1. The minimum Gasteiger partial charge on any atom is -0.399 e. The molecule has 1 aliphatic heterocycles. The molecule has 1 aromatic carbocycles. The maximum Gasteiger partial charge on any atom is 0.227 e.